The zero-order valence-corrected chi connectivity index (χ0v) is 21.0. The molecule has 41 heavy (non-hydrogen) atoms. The van der Waals surface area contributed by atoms with Crippen LogP contribution in [0.1, 0.15) is 51.8 Å². The maximum absolute atomic E-state index is 12.8. The highest BCUT2D eigenvalue weighted by molar-refractivity contribution is 6.35. The summed E-state index contributed by atoms with van der Waals surface area (Å²) >= 11 is 0. The highest BCUT2D eigenvalue weighted by Crippen LogP contribution is 2.34. The second-order valence-electron chi connectivity index (χ2n) is 8.73. The van der Waals surface area contributed by atoms with Gasteiger partial charge in [0.15, 0.2) is 12.4 Å². The number of imide groups is 1. The van der Waals surface area contributed by atoms with Crippen LogP contribution in [0.2, 0.25) is 0 Å². The monoisotopic (exact) mass is 550 g/mol. The van der Waals surface area contributed by atoms with E-state index >= 15 is 0 Å². The topological polar surface area (TPSA) is 150 Å². The third kappa shape index (κ3) is 5.32. The van der Waals surface area contributed by atoms with Crippen molar-refractivity contribution in [1.29, 1.82) is 0 Å². The predicted octanol–water partition coefficient (Wildman–Crippen LogP) is 4.65. The maximum atomic E-state index is 12.8. The van der Waals surface area contributed by atoms with E-state index in [1.54, 1.807) is 30.3 Å². The van der Waals surface area contributed by atoms with Gasteiger partial charge in [-0.15, -0.1) is 0 Å². The number of ketones is 1. The van der Waals surface area contributed by atoms with Gasteiger partial charge in [0.2, 0.25) is 0 Å². The van der Waals surface area contributed by atoms with Crippen molar-refractivity contribution >= 4 is 40.9 Å². The Kier molecular flexibility index (Phi) is 7.16. The highest BCUT2D eigenvalue weighted by Gasteiger charge is 2.41. The minimum atomic E-state index is -0.848. The van der Waals surface area contributed by atoms with Crippen LogP contribution in [0, 0.1) is 10.1 Å². The molecule has 1 aliphatic heterocycles. The molecule has 202 valence electrons. The number of ether oxygens (including phenoxy) is 2. The Bertz CT molecular complexity index is 1710. The molecule has 0 atom stereocenters. The summed E-state index contributed by atoms with van der Waals surface area (Å²) in [5.74, 6) is -3.21. The maximum Gasteiger partial charge on any atom is 0.343 e. The Labute approximate surface area is 231 Å². The minimum absolute atomic E-state index is 0.0484. The number of fused-ring (bicyclic) bond motifs is 1. The van der Waals surface area contributed by atoms with Gasteiger partial charge in [-0.1, -0.05) is 24.3 Å². The summed E-state index contributed by atoms with van der Waals surface area (Å²) in [5.41, 5.74) is -0.109. The fraction of sp³-hybridized carbons (Fsp3) is 0.0333. The first-order valence-electron chi connectivity index (χ1n) is 12.1. The van der Waals surface area contributed by atoms with E-state index in [1.165, 1.54) is 60.7 Å². The Morgan fingerprint density at radius 1 is 0.707 bits per heavy atom. The van der Waals surface area contributed by atoms with Crippen molar-refractivity contribution in [1.82, 2.24) is 0 Å². The van der Waals surface area contributed by atoms with Gasteiger partial charge >= 0.3 is 11.9 Å². The number of anilines is 1. The van der Waals surface area contributed by atoms with E-state index in [4.69, 9.17) is 9.47 Å². The van der Waals surface area contributed by atoms with E-state index in [1.807, 2.05) is 0 Å². The molecule has 11 nitrogen and oxygen atoms in total. The average Bonchev–Trinajstić information content (AvgIpc) is 3.25. The third-order valence-electron chi connectivity index (χ3n) is 6.18. The van der Waals surface area contributed by atoms with Crippen molar-refractivity contribution in [3.63, 3.8) is 0 Å². The van der Waals surface area contributed by atoms with Gasteiger partial charge in [0, 0.05) is 11.6 Å². The standard InChI is InChI=1S/C30H18N2O9/c33-25(18-11-15-22(16-12-18)41-30(37)19-5-2-1-3-6-19)17-40-29(36)20-9-13-21(14-10-20)31-27(34)23-7-4-8-24(32(38)39)26(23)28(31)35/h1-16H,17H2. The number of carbonyl (C=O) groups excluding carboxylic acids is 5. The fourth-order valence-electron chi connectivity index (χ4n) is 4.15. The van der Waals surface area contributed by atoms with E-state index in [0.717, 1.165) is 11.0 Å². The number of nitrogens with zero attached hydrogens (tertiary/aromatic N) is 2. The van der Waals surface area contributed by atoms with Crippen molar-refractivity contribution in [3.8, 4) is 5.75 Å². The molecule has 5 rings (SSSR count). The van der Waals surface area contributed by atoms with Crippen molar-refractivity contribution in [2.45, 2.75) is 0 Å². The minimum Gasteiger partial charge on any atom is -0.454 e. The highest BCUT2D eigenvalue weighted by atomic mass is 16.6. The van der Waals surface area contributed by atoms with Crippen LogP contribution in [0.25, 0.3) is 0 Å². The summed E-state index contributed by atoms with van der Waals surface area (Å²) < 4.78 is 10.4. The number of benzene rings is 4. The van der Waals surface area contributed by atoms with Crippen molar-refractivity contribution < 1.29 is 38.4 Å². The number of amides is 2. The second kappa shape index (κ2) is 11.0. The van der Waals surface area contributed by atoms with Crippen LogP contribution >= 0.6 is 0 Å². The largest absolute Gasteiger partial charge is 0.454 e. The molecule has 2 amide bonds. The molecule has 0 aliphatic carbocycles. The molecule has 0 saturated heterocycles. The summed E-state index contributed by atoms with van der Waals surface area (Å²) in [4.78, 5) is 74.1. The molecule has 0 saturated carbocycles. The van der Waals surface area contributed by atoms with Crippen LogP contribution in [0.4, 0.5) is 11.4 Å². The van der Waals surface area contributed by atoms with Crippen LogP contribution in [0.3, 0.4) is 0 Å². The smallest absolute Gasteiger partial charge is 0.343 e. The first-order valence-corrected chi connectivity index (χ1v) is 12.1. The van der Waals surface area contributed by atoms with Crippen molar-refractivity contribution in [3.05, 3.63) is 135 Å². The molecule has 0 spiro atoms. The molecule has 11 heteroatoms. The number of Topliss-reactive ketones (excluding diaryl/α,β-unsaturated/α-hetero) is 1. The van der Waals surface area contributed by atoms with Crippen LogP contribution < -0.4 is 9.64 Å². The Morgan fingerprint density at radius 3 is 2.00 bits per heavy atom. The molecular weight excluding hydrogens is 532 g/mol. The SMILES string of the molecule is O=C(COC(=O)c1ccc(N2C(=O)c3cccc([N+](=O)[O-])c3C2=O)cc1)c1ccc(OC(=O)c2ccccc2)cc1. The normalized spacial score (nSPS) is 12.0. The summed E-state index contributed by atoms with van der Waals surface area (Å²) in [7, 11) is 0. The molecule has 1 heterocycles. The van der Waals surface area contributed by atoms with Crippen LogP contribution in [0.5, 0.6) is 5.75 Å². The Hall–Kier alpha value is -5.97. The molecule has 0 unspecified atom stereocenters. The number of nitro benzene ring substituents is 1. The summed E-state index contributed by atoms with van der Waals surface area (Å²) in [6.45, 7) is -0.564. The number of rotatable bonds is 8. The number of hydrogen-bond donors (Lipinski definition) is 0. The molecule has 1 aliphatic rings. The number of carbonyl (C=O) groups is 5. The zero-order valence-electron chi connectivity index (χ0n) is 21.0. The zero-order chi connectivity index (χ0) is 29.1. The summed E-state index contributed by atoms with van der Waals surface area (Å²) in [5, 5.41) is 11.3. The lowest BCUT2D eigenvalue weighted by atomic mass is 10.1. The summed E-state index contributed by atoms with van der Waals surface area (Å²) in [6, 6.07) is 23.2. The number of hydrogen-bond acceptors (Lipinski definition) is 9. The van der Waals surface area contributed by atoms with E-state index in [2.05, 4.69) is 0 Å². The number of esters is 2. The third-order valence-corrected chi connectivity index (χ3v) is 6.18. The molecular formula is C30H18N2O9. The van der Waals surface area contributed by atoms with E-state index in [-0.39, 0.29) is 33.7 Å². The second-order valence-corrected chi connectivity index (χ2v) is 8.73. The average molecular weight is 550 g/mol. The van der Waals surface area contributed by atoms with Crippen molar-refractivity contribution in [2.75, 3.05) is 11.5 Å². The first-order chi connectivity index (χ1) is 19.7. The lowest BCUT2D eigenvalue weighted by Crippen LogP contribution is -2.29. The van der Waals surface area contributed by atoms with Crippen LogP contribution in [0.15, 0.2) is 97.1 Å². The van der Waals surface area contributed by atoms with Gasteiger partial charge in [-0.3, -0.25) is 24.5 Å². The van der Waals surface area contributed by atoms with Gasteiger partial charge in [0.25, 0.3) is 17.5 Å². The molecule has 4 aromatic carbocycles. The lowest BCUT2D eigenvalue weighted by Gasteiger charge is -2.14. The summed E-state index contributed by atoms with van der Waals surface area (Å²) in [6.07, 6.45) is 0. The first kappa shape index (κ1) is 26.6. The van der Waals surface area contributed by atoms with Gasteiger partial charge in [0.1, 0.15) is 11.3 Å². The van der Waals surface area contributed by atoms with Gasteiger partial charge in [-0.05, 0) is 66.7 Å². The van der Waals surface area contributed by atoms with E-state index < -0.39 is 46.8 Å². The van der Waals surface area contributed by atoms with E-state index in [9.17, 15) is 34.1 Å². The van der Waals surface area contributed by atoms with Gasteiger partial charge in [-0.25, -0.2) is 14.5 Å². The molecule has 0 aromatic heterocycles. The van der Waals surface area contributed by atoms with Gasteiger partial charge < -0.3 is 9.47 Å². The molecule has 4 aromatic rings. The van der Waals surface area contributed by atoms with Crippen LogP contribution in [-0.4, -0.2) is 41.1 Å². The van der Waals surface area contributed by atoms with E-state index in [0.29, 0.717) is 5.56 Å². The lowest BCUT2D eigenvalue weighted by molar-refractivity contribution is -0.385. The van der Waals surface area contributed by atoms with Crippen LogP contribution in [-0.2, 0) is 4.74 Å². The number of nitro groups is 1. The predicted molar refractivity (Wildman–Crippen MR) is 143 cm³/mol. The Balaban J connectivity index is 1.19. The van der Waals surface area contributed by atoms with Gasteiger partial charge in [-0.2, -0.15) is 0 Å². The van der Waals surface area contributed by atoms with Gasteiger partial charge in [0.05, 0.1) is 27.3 Å². The molecule has 0 bridgehead atoms. The Morgan fingerprint density at radius 2 is 1.34 bits per heavy atom. The molecule has 0 N–H and O–H groups in total. The van der Waals surface area contributed by atoms with Crippen molar-refractivity contribution in [2.24, 2.45) is 0 Å². The molecule has 0 fully saturated rings. The quantitative estimate of drug-likeness (QED) is 0.0762. The molecule has 0 radical (unpaired) electrons. The fourth-order valence-corrected chi connectivity index (χ4v) is 4.15.